The molecule has 0 atom stereocenters. The third-order valence-electron chi connectivity index (χ3n) is 2.64. The summed E-state index contributed by atoms with van der Waals surface area (Å²) in [5, 5.41) is 11.1. The second-order valence-corrected chi connectivity index (χ2v) is 4.08. The van der Waals surface area contributed by atoms with E-state index in [1.807, 2.05) is 0 Å². The van der Waals surface area contributed by atoms with Gasteiger partial charge in [0.2, 0.25) is 0 Å². The summed E-state index contributed by atoms with van der Waals surface area (Å²) in [7, 11) is 0. The lowest BCUT2D eigenvalue weighted by molar-refractivity contribution is 0.0697. The number of halogens is 3. The Bertz CT molecular complexity index is 731. The zero-order valence-corrected chi connectivity index (χ0v) is 10.4. The molecule has 2 aromatic rings. The van der Waals surface area contributed by atoms with E-state index in [0.29, 0.717) is 6.07 Å². The van der Waals surface area contributed by atoms with Crippen molar-refractivity contribution in [2.75, 3.05) is 5.32 Å². The first kappa shape index (κ1) is 14.6. The van der Waals surface area contributed by atoms with E-state index >= 15 is 0 Å². The van der Waals surface area contributed by atoms with E-state index < -0.39 is 34.9 Å². The van der Waals surface area contributed by atoms with Crippen LogP contribution in [0.15, 0.2) is 36.4 Å². The molecule has 1 amide bonds. The van der Waals surface area contributed by atoms with Crippen LogP contribution in [0.5, 0.6) is 0 Å². The first-order valence-electron chi connectivity index (χ1n) is 5.67. The molecule has 0 spiro atoms. The van der Waals surface area contributed by atoms with Crippen LogP contribution in [0.1, 0.15) is 20.7 Å². The van der Waals surface area contributed by atoms with Gasteiger partial charge in [-0.25, -0.2) is 18.0 Å². The summed E-state index contributed by atoms with van der Waals surface area (Å²) in [5.74, 6) is -5.38. The Hall–Kier alpha value is -2.83. The molecule has 21 heavy (non-hydrogen) atoms. The van der Waals surface area contributed by atoms with Crippen molar-refractivity contribution in [3.05, 3.63) is 65.0 Å². The van der Waals surface area contributed by atoms with Gasteiger partial charge in [0.15, 0.2) is 11.6 Å². The van der Waals surface area contributed by atoms with Gasteiger partial charge in [-0.05, 0) is 36.4 Å². The van der Waals surface area contributed by atoms with Gasteiger partial charge in [-0.2, -0.15) is 0 Å². The van der Waals surface area contributed by atoms with Crippen molar-refractivity contribution < 1.29 is 27.9 Å². The van der Waals surface area contributed by atoms with Gasteiger partial charge in [0, 0.05) is 5.56 Å². The Morgan fingerprint density at radius 2 is 1.67 bits per heavy atom. The van der Waals surface area contributed by atoms with Crippen molar-refractivity contribution in [2.45, 2.75) is 0 Å². The molecule has 0 heterocycles. The molecule has 0 saturated heterocycles. The lowest BCUT2D eigenvalue weighted by Gasteiger charge is -2.08. The predicted octanol–water partition coefficient (Wildman–Crippen LogP) is 3.05. The van der Waals surface area contributed by atoms with Gasteiger partial charge < -0.3 is 10.4 Å². The zero-order chi connectivity index (χ0) is 15.6. The molecule has 0 aliphatic rings. The molecule has 0 aliphatic carbocycles. The van der Waals surface area contributed by atoms with Gasteiger partial charge in [0.05, 0.1) is 11.3 Å². The molecule has 0 aliphatic heterocycles. The van der Waals surface area contributed by atoms with Gasteiger partial charge in [-0.3, -0.25) is 4.79 Å². The Labute approximate surface area is 116 Å². The van der Waals surface area contributed by atoms with E-state index in [2.05, 4.69) is 5.32 Å². The van der Waals surface area contributed by atoms with Crippen LogP contribution >= 0.6 is 0 Å². The highest BCUT2D eigenvalue weighted by molar-refractivity contribution is 6.07. The maximum absolute atomic E-state index is 13.0. The number of amides is 1. The number of rotatable bonds is 3. The van der Waals surface area contributed by atoms with Crippen molar-refractivity contribution in [1.82, 2.24) is 0 Å². The summed E-state index contributed by atoms with van der Waals surface area (Å²) in [5.41, 5.74) is -0.806. The number of hydrogen-bond acceptors (Lipinski definition) is 2. The number of benzene rings is 2. The largest absolute Gasteiger partial charge is 0.478 e. The van der Waals surface area contributed by atoms with E-state index in [1.165, 1.54) is 0 Å². The quantitative estimate of drug-likeness (QED) is 0.914. The molecular formula is C14H8F3NO3. The van der Waals surface area contributed by atoms with E-state index in [1.54, 1.807) is 0 Å². The molecule has 2 N–H and O–H groups in total. The molecule has 0 aromatic heterocycles. The van der Waals surface area contributed by atoms with Gasteiger partial charge in [0.25, 0.3) is 5.91 Å². The number of hydrogen-bond donors (Lipinski definition) is 2. The van der Waals surface area contributed by atoms with Gasteiger partial charge in [-0.15, -0.1) is 0 Å². The van der Waals surface area contributed by atoms with E-state index in [0.717, 1.165) is 30.3 Å². The normalized spacial score (nSPS) is 10.2. The molecule has 0 unspecified atom stereocenters. The van der Waals surface area contributed by atoms with E-state index in [4.69, 9.17) is 5.11 Å². The molecule has 0 saturated carbocycles. The van der Waals surface area contributed by atoms with Crippen molar-refractivity contribution in [1.29, 1.82) is 0 Å². The Kier molecular flexibility index (Phi) is 3.93. The summed E-state index contributed by atoms with van der Waals surface area (Å²) in [4.78, 5) is 22.8. The zero-order valence-electron chi connectivity index (χ0n) is 10.4. The van der Waals surface area contributed by atoms with E-state index in [-0.39, 0.29) is 11.3 Å². The number of carbonyl (C=O) groups is 2. The maximum Gasteiger partial charge on any atom is 0.337 e. The van der Waals surface area contributed by atoms with Crippen LogP contribution in [0.25, 0.3) is 0 Å². The smallest absolute Gasteiger partial charge is 0.337 e. The average molecular weight is 295 g/mol. The van der Waals surface area contributed by atoms with Crippen LogP contribution in [-0.2, 0) is 0 Å². The summed E-state index contributed by atoms with van der Waals surface area (Å²) >= 11 is 0. The number of anilines is 1. The van der Waals surface area contributed by atoms with Crippen LogP contribution < -0.4 is 5.32 Å². The number of aromatic carboxylic acids is 1. The molecular weight excluding hydrogens is 287 g/mol. The summed E-state index contributed by atoms with van der Waals surface area (Å²) in [6, 6.07) is 5.26. The standard InChI is InChI=1S/C14H8F3NO3/c15-8-2-4-12(9(6-8)14(20)21)18-13(19)7-1-3-10(16)11(17)5-7/h1-6H,(H,18,19)(H,20,21). The van der Waals surface area contributed by atoms with Crippen LogP contribution in [-0.4, -0.2) is 17.0 Å². The predicted molar refractivity (Wildman–Crippen MR) is 67.7 cm³/mol. The minimum atomic E-state index is -1.44. The molecule has 0 radical (unpaired) electrons. The highest BCUT2D eigenvalue weighted by Crippen LogP contribution is 2.18. The van der Waals surface area contributed by atoms with Gasteiger partial charge >= 0.3 is 5.97 Å². The van der Waals surface area contributed by atoms with Crippen LogP contribution in [0.2, 0.25) is 0 Å². The van der Waals surface area contributed by atoms with E-state index in [9.17, 15) is 22.8 Å². The second-order valence-electron chi connectivity index (χ2n) is 4.08. The molecule has 0 fully saturated rings. The lowest BCUT2D eigenvalue weighted by Crippen LogP contribution is -2.15. The Morgan fingerprint density at radius 3 is 2.29 bits per heavy atom. The fourth-order valence-corrected chi connectivity index (χ4v) is 1.63. The number of nitrogens with one attached hydrogen (secondary N) is 1. The van der Waals surface area contributed by atoms with Crippen LogP contribution in [0.3, 0.4) is 0 Å². The number of carboxylic acid groups (broad SMARTS) is 1. The fourth-order valence-electron chi connectivity index (χ4n) is 1.63. The molecule has 2 aromatic carbocycles. The number of carboxylic acids is 1. The minimum Gasteiger partial charge on any atom is -0.478 e. The molecule has 7 heteroatoms. The summed E-state index contributed by atoms with van der Waals surface area (Å²) < 4.78 is 38.8. The fraction of sp³-hybridized carbons (Fsp3) is 0. The third kappa shape index (κ3) is 3.19. The van der Waals surface area contributed by atoms with Crippen LogP contribution in [0, 0.1) is 17.5 Å². The summed E-state index contributed by atoms with van der Waals surface area (Å²) in [6.45, 7) is 0. The second kappa shape index (κ2) is 5.66. The first-order valence-corrected chi connectivity index (χ1v) is 5.67. The van der Waals surface area contributed by atoms with Crippen LogP contribution in [0.4, 0.5) is 18.9 Å². The lowest BCUT2D eigenvalue weighted by atomic mass is 10.1. The van der Waals surface area contributed by atoms with Gasteiger partial charge in [-0.1, -0.05) is 0 Å². The maximum atomic E-state index is 13.0. The van der Waals surface area contributed by atoms with Gasteiger partial charge in [0.1, 0.15) is 5.82 Å². The van der Waals surface area contributed by atoms with Crippen molar-refractivity contribution >= 4 is 17.6 Å². The Morgan fingerprint density at radius 1 is 0.952 bits per heavy atom. The van der Waals surface area contributed by atoms with Crippen molar-refractivity contribution in [3.63, 3.8) is 0 Å². The molecule has 4 nitrogen and oxygen atoms in total. The van der Waals surface area contributed by atoms with Crippen molar-refractivity contribution in [2.24, 2.45) is 0 Å². The third-order valence-corrected chi connectivity index (χ3v) is 2.64. The van der Waals surface area contributed by atoms with Crippen molar-refractivity contribution in [3.8, 4) is 0 Å². The monoisotopic (exact) mass is 295 g/mol. The molecule has 108 valence electrons. The highest BCUT2D eigenvalue weighted by Gasteiger charge is 2.15. The molecule has 2 rings (SSSR count). The first-order chi connectivity index (χ1) is 9.88. The average Bonchev–Trinajstić information content (AvgIpc) is 2.43. The SMILES string of the molecule is O=C(Nc1ccc(F)cc1C(=O)O)c1ccc(F)c(F)c1. The summed E-state index contributed by atoms with van der Waals surface area (Å²) in [6.07, 6.45) is 0. The minimum absolute atomic E-state index is 0.154. The number of carbonyl (C=O) groups excluding carboxylic acids is 1. The Balaban J connectivity index is 2.31. The topological polar surface area (TPSA) is 66.4 Å². The molecule has 0 bridgehead atoms. The highest BCUT2D eigenvalue weighted by atomic mass is 19.2.